The molecule has 33 heavy (non-hydrogen) atoms. The fraction of sp³-hybridized carbons (Fsp3) is 0.609. The smallest absolute Gasteiger partial charge is 0.405 e. The van der Waals surface area contributed by atoms with E-state index in [1.54, 1.807) is 23.4 Å². The second kappa shape index (κ2) is 8.17. The quantitative estimate of drug-likeness (QED) is 0.697. The Labute approximate surface area is 196 Å². The van der Waals surface area contributed by atoms with Gasteiger partial charge in [-0.15, -0.1) is 0 Å². The molecule has 4 fully saturated rings. The second-order valence-corrected chi connectivity index (χ2v) is 10.1. The average molecular weight is 472 g/mol. The molecular formula is C23H26ClN5O4. The lowest BCUT2D eigenvalue weighted by Gasteiger charge is -2.35. The van der Waals surface area contributed by atoms with Crippen LogP contribution in [0.5, 0.6) is 0 Å². The summed E-state index contributed by atoms with van der Waals surface area (Å²) >= 11 is 6.14. The molecule has 2 unspecified atom stereocenters. The van der Waals surface area contributed by atoms with Crippen LogP contribution in [0.3, 0.4) is 0 Å². The third-order valence-electron chi connectivity index (χ3n) is 7.89. The number of nitriles is 1. The fourth-order valence-electron chi connectivity index (χ4n) is 6.25. The van der Waals surface area contributed by atoms with Crippen molar-refractivity contribution in [1.82, 2.24) is 20.1 Å². The van der Waals surface area contributed by atoms with E-state index in [4.69, 9.17) is 16.7 Å². The predicted molar refractivity (Wildman–Crippen MR) is 117 cm³/mol. The molecule has 9 nitrogen and oxygen atoms in total. The molecule has 1 spiro atoms. The van der Waals surface area contributed by atoms with E-state index in [1.165, 1.54) is 0 Å². The van der Waals surface area contributed by atoms with Crippen LogP contribution in [-0.4, -0.2) is 68.0 Å². The van der Waals surface area contributed by atoms with Gasteiger partial charge in [0.2, 0.25) is 11.8 Å². The van der Waals surface area contributed by atoms with Crippen LogP contribution in [0.25, 0.3) is 0 Å². The maximum absolute atomic E-state index is 13.9. The van der Waals surface area contributed by atoms with E-state index in [1.807, 2.05) is 4.90 Å². The first kappa shape index (κ1) is 22.0. The molecule has 1 aromatic rings. The molecule has 174 valence electrons. The third-order valence-corrected chi connectivity index (χ3v) is 8.09. The number of aromatic nitrogens is 1. The standard InChI is InChI=1S/C23H26ClN5O4/c24-14-8-13(10-26-11-14)16-12-28(23(6-7-23)17(16)9-25)21(31)19-5-4-15-2-1-3-18(27-22(32)33)20(30)29(15)19/h8,10-11,15-19,27H,1-7,12H2,(H,32,33)/t15-,16?,17?,18-,19-/m0/s1. The number of carbonyl (C=O) groups is 3. The molecular weight excluding hydrogens is 446 g/mol. The van der Waals surface area contributed by atoms with Gasteiger partial charge < -0.3 is 20.2 Å². The van der Waals surface area contributed by atoms with Crippen LogP contribution in [0.15, 0.2) is 18.5 Å². The van der Waals surface area contributed by atoms with Crippen LogP contribution >= 0.6 is 11.6 Å². The van der Waals surface area contributed by atoms with Crippen LogP contribution in [0.1, 0.15) is 56.4 Å². The van der Waals surface area contributed by atoms with Gasteiger partial charge in [-0.1, -0.05) is 11.6 Å². The van der Waals surface area contributed by atoms with Crippen LogP contribution in [-0.2, 0) is 9.59 Å². The second-order valence-electron chi connectivity index (χ2n) is 9.63. The van der Waals surface area contributed by atoms with E-state index >= 15 is 0 Å². The van der Waals surface area contributed by atoms with Gasteiger partial charge in [-0.2, -0.15) is 5.26 Å². The Morgan fingerprint density at radius 2 is 2.03 bits per heavy atom. The lowest BCUT2D eigenvalue weighted by atomic mass is 9.85. The van der Waals surface area contributed by atoms with E-state index < -0.39 is 23.7 Å². The molecule has 10 heteroatoms. The zero-order chi connectivity index (χ0) is 23.3. The van der Waals surface area contributed by atoms with Crippen molar-refractivity contribution in [2.75, 3.05) is 6.54 Å². The van der Waals surface area contributed by atoms with Gasteiger partial charge in [0, 0.05) is 30.9 Å². The van der Waals surface area contributed by atoms with Gasteiger partial charge in [0.15, 0.2) is 0 Å². The van der Waals surface area contributed by atoms with Crippen molar-refractivity contribution >= 4 is 29.5 Å². The molecule has 1 aromatic heterocycles. The third kappa shape index (κ3) is 3.61. The number of rotatable bonds is 3. The molecule has 4 heterocycles. The maximum Gasteiger partial charge on any atom is 0.405 e. The zero-order valence-corrected chi connectivity index (χ0v) is 18.9. The van der Waals surface area contributed by atoms with Crippen LogP contribution in [0.4, 0.5) is 4.79 Å². The summed E-state index contributed by atoms with van der Waals surface area (Å²) in [5.41, 5.74) is 0.335. The molecule has 5 rings (SSSR count). The molecule has 5 atom stereocenters. The molecule has 0 radical (unpaired) electrons. The van der Waals surface area contributed by atoms with E-state index in [9.17, 15) is 19.6 Å². The summed E-state index contributed by atoms with van der Waals surface area (Å²) in [5.74, 6) is -0.990. The number of nitrogens with zero attached hydrogens (tertiary/aromatic N) is 4. The van der Waals surface area contributed by atoms with E-state index in [0.29, 0.717) is 24.4 Å². The maximum atomic E-state index is 13.9. The zero-order valence-electron chi connectivity index (χ0n) is 18.1. The van der Waals surface area contributed by atoms with Crippen molar-refractivity contribution in [2.24, 2.45) is 5.92 Å². The van der Waals surface area contributed by atoms with Crippen molar-refractivity contribution in [3.05, 3.63) is 29.0 Å². The number of amides is 3. The summed E-state index contributed by atoms with van der Waals surface area (Å²) in [6, 6.07) is 2.75. The summed E-state index contributed by atoms with van der Waals surface area (Å²) in [6.07, 6.45) is 6.74. The number of halogens is 1. The van der Waals surface area contributed by atoms with E-state index in [-0.39, 0.29) is 29.7 Å². The summed E-state index contributed by atoms with van der Waals surface area (Å²) in [7, 11) is 0. The minimum atomic E-state index is -1.24. The molecule has 0 bridgehead atoms. The molecule has 4 aliphatic rings. The molecule has 3 amide bonds. The van der Waals surface area contributed by atoms with Crippen molar-refractivity contribution < 1.29 is 19.5 Å². The first-order valence-electron chi connectivity index (χ1n) is 11.5. The number of likely N-dealkylation sites (tertiary alicyclic amines) is 1. The first-order valence-corrected chi connectivity index (χ1v) is 11.9. The molecule has 3 saturated heterocycles. The topological polar surface area (TPSA) is 127 Å². The summed E-state index contributed by atoms with van der Waals surface area (Å²) < 4.78 is 0. The molecule has 1 aliphatic carbocycles. The van der Waals surface area contributed by atoms with Gasteiger partial charge in [-0.05, 0) is 56.6 Å². The Balaban J connectivity index is 1.42. The molecule has 3 aliphatic heterocycles. The van der Waals surface area contributed by atoms with Crippen LogP contribution in [0, 0.1) is 17.2 Å². The Morgan fingerprint density at radius 3 is 2.70 bits per heavy atom. The van der Waals surface area contributed by atoms with Crippen LogP contribution < -0.4 is 5.32 Å². The highest BCUT2D eigenvalue weighted by Crippen LogP contribution is 2.58. The summed E-state index contributed by atoms with van der Waals surface area (Å²) in [6.45, 7) is 0.388. The van der Waals surface area contributed by atoms with Crippen molar-refractivity contribution in [2.45, 2.75) is 74.5 Å². The normalized spacial score (nSPS) is 32.2. The number of carboxylic acid groups (broad SMARTS) is 1. The highest BCUT2D eigenvalue weighted by Gasteiger charge is 2.64. The minimum absolute atomic E-state index is 0.0514. The van der Waals surface area contributed by atoms with E-state index in [0.717, 1.165) is 37.7 Å². The number of hydrogen-bond donors (Lipinski definition) is 2. The minimum Gasteiger partial charge on any atom is -0.465 e. The SMILES string of the molecule is N#CC1C(c2cncc(Cl)c2)CN(C(=O)[C@@H]2CC[C@@H]3CCC[C@H](NC(=O)O)C(=O)N32)C12CC2. The molecule has 0 aromatic carbocycles. The van der Waals surface area contributed by atoms with Crippen molar-refractivity contribution in [3.63, 3.8) is 0 Å². The Kier molecular flexibility index (Phi) is 5.44. The highest BCUT2D eigenvalue weighted by atomic mass is 35.5. The largest absolute Gasteiger partial charge is 0.465 e. The number of nitrogens with one attached hydrogen (secondary N) is 1. The Bertz CT molecular complexity index is 1040. The van der Waals surface area contributed by atoms with Crippen LogP contribution in [0.2, 0.25) is 5.02 Å². The predicted octanol–water partition coefficient (Wildman–Crippen LogP) is 2.51. The molecule has 2 N–H and O–H groups in total. The fourth-order valence-corrected chi connectivity index (χ4v) is 6.43. The van der Waals surface area contributed by atoms with Gasteiger partial charge in [-0.3, -0.25) is 14.6 Å². The highest BCUT2D eigenvalue weighted by molar-refractivity contribution is 6.30. The van der Waals surface area contributed by atoms with Gasteiger partial charge in [0.25, 0.3) is 0 Å². The summed E-state index contributed by atoms with van der Waals surface area (Å²) in [5, 5.41) is 22.0. The van der Waals surface area contributed by atoms with Gasteiger partial charge >= 0.3 is 6.09 Å². The lowest BCUT2D eigenvalue weighted by molar-refractivity contribution is -0.147. The number of fused-ring (bicyclic) bond motifs is 1. The average Bonchev–Trinajstić information content (AvgIpc) is 3.37. The van der Waals surface area contributed by atoms with Gasteiger partial charge in [0.1, 0.15) is 12.1 Å². The monoisotopic (exact) mass is 471 g/mol. The Morgan fingerprint density at radius 1 is 1.24 bits per heavy atom. The summed E-state index contributed by atoms with van der Waals surface area (Å²) in [4.78, 5) is 46.0. The number of pyridine rings is 1. The lowest BCUT2D eigenvalue weighted by Crippen LogP contribution is -2.56. The van der Waals surface area contributed by atoms with Crippen molar-refractivity contribution in [3.8, 4) is 6.07 Å². The van der Waals surface area contributed by atoms with E-state index in [2.05, 4.69) is 16.4 Å². The number of hydrogen-bond acceptors (Lipinski definition) is 5. The molecule has 1 saturated carbocycles. The first-order chi connectivity index (χ1) is 15.9. The van der Waals surface area contributed by atoms with Crippen molar-refractivity contribution in [1.29, 1.82) is 5.26 Å². The number of carbonyl (C=O) groups excluding carboxylic acids is 2. The Hall–Kier alpha value is -2.86. The van der Waals surface area contributed by atoms with Gasteiger partial charge in [0.05, 0.1) is 22.5 Å². The van der Waals surface area contributed by atoms with Gasteiger partial charge in [-0.25, -0.2) is 4.79 Å².